The van der Waals surface area contributed by atoms with E-state index in [1.165, 1.54) is 6.07 Å². The van der Waals surface area contributed by atoms with Crippen molar-refractivity contribution in [3.63, 3.8) is 0 Å². The number of ether oxygens (including phenoxy) is 1. The predicted molar refractivity (Wildman–Crippen MR) is 108 cm³/mol. The third-order valence-corrected chi connectivity index (χ3v) is 5.77. The van der Waals surface area contributed by atoms with E-state index in [1.54, 1.807) is 36.4 Å². The standard InChI is InChI=1S/C19H19N2O9P/c22-10-14-17(16(24)18(28-14)21-9-8-15(23)20-19(21)25)30-31(26,27)29-13-7-3-5-11-4-1-2-6-12(11)13/h1-9,14,16-18,22,24H,10H2,(H,26,27)(H,20,23,25)/t14-,16-,17-,18-/m1/s1. The lowest BCUT2D eigenvalue weighted by atomic mass is 10.1. The van der Waals surface area contributed by atoms with Crippen LogP contribution >= 0.6 is 7.82 Å². The maximum atomic E-state index is 12.7. The lowest BCUT2D eigenvalue weighted by Gasteiger charge is -2.23. The maximum absolute atomic E-state index is 12.7. The number of rotatable bonds is 6. The SMILES string of the molecule is O=c1ccn([C@@H]2O[C@H](CO)[C@@H](OP(=O)(O)Oc3cccc4ccccc34)[C@H]2O)c(=O)[nH]1. The summed E-state index contributed by atoms with van der Waals surface area (Å²) in [7, 11) is -4.79. The highest BCUT2D eigenvalue weighted by molar-refractivity contribution is 7.47. The highest BCUT2D eigenvalue weighted by Gasteiger charge is 2.49. The molecule has 0 bridgehead atoms. The van der Waals surface area contributed by atoms with Crippen LogP contribution in [0.5, 0.6) is 5.75 Å². The van der Waals surface area contributed by atoms with E-state index in [2.05, 4.69) is 0 Å². The van der Waals surface area contributed by atoms with E-state index in [0.29, 0.717) is 5.39 Å². The lowest BCUT2D eigenvalue weighted by molar-refractivity contribution is -0.0548. The van der Waals surface area contributed by atoms with Gasteiger partial charge in [-0.2, -0.15) is 0 Å². The van der Waals surface area contributed by atoms with Gasteiger partial charge in [0.1, 0.15) is 24.1 Å². The van der Waals surface area contributed by atoms with Crippen LogP contribution in [0, 0.1) is 0 Å². The van der Waals surface area contributed by atoms with Crippen LogP contribution in [0.15, 0.2) is 64.3 Å². The Bertz CT molecular complexity index is 1250. The second-order valence-corrected chi connectivity index (χ2v) is 8.19. The summed E-state index contributed by atoms with van der Waals surface area (Å²) >= 11 is 0. The van der Waals surface area contributed by atoms with Crippen LogP contribution in [0.4, 0.5) is 0 Å². The molecule has 0 spiro atoms. The van der Waals surface area contributed by atoms with Gasteiger partial charge in [0.2, 0.25) is 0 Å². The van der Waals surface area contributed by atoms with Crippen molar-refractivity contribution in [1.29, 1.82) is 0 Å². The molecule has 1 saturated heterocycles. The van der Waals surface area contributed by atoms with Gasteiger partial charge in [0.25, 0.3) is 5.56 Å². The molecule has 1 fully saturated rings. The second kappa shape index (κ2) is 8.39. The van der Waals surface area contributed by atoms with Crippen molar-refractivity contribution in [1.82, 2.24) is 9.55 Å². The predicted octanol–water partition coefficient (Wildman–Crippen LogP) is 0.505. The highest BCUT2D eigenvalue weighted by atomic mass is 31.2. The molecule has 0 amide bonds. The van der Waals surface area contributed by atoms with Crippen LogP contribution < -0.4 is 15.8 Å². The van der Waals surface area contributed by atoms with Gasteiger partial charge >= 0.3 is 13.5 Å². The summed E-state index contributed by atoms with van der Waals surface area (Å²) in [6.07, 6.45) is -4.65. The molecule has 1 aliphatic rings. The molecule has 2 aromatic carbocycles. The van der Waals surface area contributed by atoms with Gasteiger partial charge in [0.15, 0.2) is 6.23 Å². The molecule has 4 N–H and O–H groups in total. The van der Waals surface area contributed by atoms with Gasteiger partial charge in [-0.1, -0.05) is 36.4 Å². The number of aromatic amines is 1. The number of aliphatic hydroxyl groups is 2. The van der Waals surface area contributed by atoms with Crippen LogP contribution in [-0.4, -0.2) is 49.6 Å². The van der Waals surface area contributed by atoms with Gasteiger partial charge in [-0.25, -0.2) is 9.36 Å². The summed E-state index contributed by atoms with van der Waals surface area (Å²) in [5.74, 6) is 0.0892. The first-order chi connectivity index (χ1) is 14.8. The van der Waals surface area contributed by atoms with Gasteiger partial charge in [-0.3, -0.25) is 23.8 Å². The summed E-state index contributed by atoms with van der Waals surface area (Å²) < 4.78 is 29.4. The summed E-state index contributed by atoms with van der Waals surface area (Å²) in [4.78, 5) is 35.6. The normalized spacial score (nSPS) is 25.4. The van der Waals surface area contributed by atoms with Gasteiger partial charge in [-0.15, -0.1) is 0 Å². The Balaban J connectivity index is 1.58. The number of hydrogen-bond acceptors (Lipinski definition) is 8. The van der Waals surface area contributed by atoms with Gasteiger partial charge in [0, 0.05) is 17.6 Å². The van der Waals surface area contributed by atoms with E-state index in [1.807, 2.05) is 4.98 Å². The summed E-state index contributed by atoms with van der Waals surface area (Å²) in [6, 6.07) is 13.0. The van der Waals surface area contributed by atoms with Crippen molar-refractivity contribution >= 4 is 18.6 Å². The molecular weight excluding hydrogens is 431 g/mol. The third kappa shape index (κ3) is 4.33. The monoisotopic (exact) mass is 450 g/mol. The zero-order valence-electron chi connectivity index (χ0n) is 15.9. The minimum Gasteiger partial charge on any atom is -0.403 e. The number of benzene rings is 2. The molecule has 1 unspecified atom stereocenters. The minimum absolute atomic E-state index is 0.0892. The Morgan fingerprint density at radius 3 is 2.61 bits per heavy atom. The molecule has 5 atom stereocenters. The van der Waals surface area contributed by atoms with E-state index in [-0.39, 0.29) is 5.75 Å². The fourth-order valence-electron chi connectivity index (χ4n) is 3.43. The number of nitrogens with zero attached hydrogens (tertiary/aromatic N) is 1. The molecule has 0 radical (unpaired) electrons. The molecular formula is C19H19N2O9P. The minimum atomic E-state index is -4.79. The first kappa shape index (κ1) is 21.4. The van der Waals surface area contributed by atoms with Gasteiger partial charge in [0.05, 0.1) is 6.61 Å². The van der Waals surface area contributed by atoms with Crippen LogP contribution in [0.2, 0.25) is 0 Å². The summed E-state index contributed by atoms with van der Waals surface area (Å²) in [5.41, 5.74) is -1.52. The van der Waals surface area contributed by atoms with Crippen LogP contribution in [0.1, 0.15) is 6.23 Å². The zero-order valence-corrected chi connectivity index (χ0v) is 16.8. The lowest BCUT2D eigenvalue weighted by Crippen LogP contribution is -2.38. The summed E-state index contributed by atoms with van der Waals surface area (Å²) in [6.45, 7) is -0.676. The van der Waals surface area contributed by atoms with Crippen molar-refractivity contribution in [2.75, 3.05) is 6.61 Å². The van der Waals surface area contributed by atoms with E-state index in [4.69, 9.17) is 13.8 Å². The Morgan fingerprint density at radius 1 is 1.13 bits per heavy atom. The molecule has 12 heteroatoms. The Morgan fingerprint density at radius 2 is 1.87 bits per heavy atom. The molecule has 4 rings (SSSR count). The van der Waals surface area contributed by atoms with Crippen LogP contribution in [0.25, 0.3) is 10.8 Å². The number of nitrogens with one attached hydrogen (secondary N) is 1. The van der Waals surface area contributed by atoms with Crippen molar-refractivity contribution in [2.24, 2.45) is 0 Å². The topological polar surface area (TPSA) is 160 Å². The molecule has 1 aromatic heterocycles. The van der Waals surface area contributed by atoms with E-state index < -0.39 is 50.2 Å². The molecule has 11 nitrogen and oxygen atoms in total. The number of H-pyrrole nitrogens is 1. The van der Waals surface area contributed by atoms with E-state index >= 15 is 0 Å². The number of fused-ring (bicyclic) bond motifs is 1. The number of phosphoric ester groups is 1. The molecule has 2 heterocycles. The van der Waals surface area contributed by atoms with E-state index in [9.17, 15) is 29.3 Å². The smallest absolute Gasteiger partial charge is 0.403 e. The average molecular weight is 450 g/mol. The van der Waals surface area contributed by atoms with Crippen molar-refractivity contribution in [3.05, 3.63) is 75.6 Å². The number of hydrogen-bond donors (Lipinski definition) is 4. The van der Waals surface area contributed by atoms with Gasteiger partial charge in [-0.05, 0) is 11.5 Å². The fraction of sp³-hybridized carbons (Fsp3) is 0.263. The van der Waals surface area contributed by atoms with Crippen molar-refractivity contribution < 1.29 is 33.5 Å². The first-order valence-electron chi connectivity index (χ1n) is 9.23. The third-order valence-electron chi connectivity index (χ3n) is 4.83. The molecule has 164 valence electrons. The molecule has 0 aliphatic carbocycles. The first-order valence-corrected chi connectivity index (χ1v) is 10.7. The second-order valence-electron chi connectivity index (χ2n) is 6.86. The van der Waals surface area contributed by atoms with Crippen LogP contribution in [0.3, 0.4) is 0 Å². The Kier molecular flexibility index (Phi) is 5.80. The van der Waals surface area contributed by atoms with Crippen LogP contribution in [-0.2, 0) is 13.8 Å². The van der Waals surface area contributed by atoms with E-state index in [0.717, 1.165) is 22.2 Å². The molecule has 1 aliphatic heterocycles. The summed E-state index contributed by atoms with van der Waals surface area (Å²) in [5, 5.41) is 21.5. The fourth-order valence-corrected chi connectivity index (χ4v) is 4.45. The quantitative estimate of drug-likeness (QED) is 0.392. The maximum Gasteiger partial charge on any atom is 0.527 e. The van der Waals surface area contributed by atoms with Gasteiger partial charge < -0.3 is 19.5 Å². The zero-order chi connectivity index (χ0) is 22.2. The number of aliphatic hydroxyl groups excluding tert-OH is 2. The highest BCUT2D eigenvalue weighted by Crippen LogP contribution is 2.49. The molecule has 31 heavy (non-hydrogen) atoms. The van der Waals surface area contributed by atoms with Crippen molar-refractivity contribution in [2.45, 2.75) is 24.5 Å². The Labute approximate surface area is 174 Å². The molecule has 0 saturated carbocycles. The van der Waals surface area contributed by atoms with Crippen molar-refractivity contribution in [3.8, 4) is 5.75 Å². The number of phosphoric acid groups is 1. The largest absolute Gasteiger partial charge is 0.527 e. The molecule has 3 aromatic rings. The number of aromatic nitrogens is 2. The average Bonchev–Trinajstić information content (AvgIpc) is 3.03. The Hall–Kier alpha value is -2.79.